The van der Waals surface area contributed by atoms with Crippen molar-refractivity contribution in [3.63, 3.8) is 0 Å². The fourth-order valence-corrected chi connectivity index (χ4v) is 2.67. The number of benzene rings is 1. The van der Waals surface area contributed by atoms with E-state index in [4.69, 9.17) is 14.2 Å². The summed E-state index contributed by atoms with van der Waals surface area (Å²) in [5, 5.41) is 0. The highest BCUT2D eigenvalue weighted by Crippen LogP contribution is 2.20. The van der Waals surface area contributed by atoms with E-state index in [1.807, 2.05) is 18.2 Å². The molecule has 1 aromatic rings. The Labute approximate surface area is 149 Å². The SMILES string of the molecule is CC(=O)OC[C@H]1O[C@H](Cc2ccc(I)cc2)C=C[C@@H]1OC(C)=O. The summed E-state index contributed by atoms with van der Waals surface area (Å²) in [6, 6.07) is 8.19. The second kappa shape index (κ2) is 8.44. The molecule has 0 saturated heterocycles. The highest BCUT2D eigenvalue weighted by molar-refractivity contribution is 14.1. The van der Waals surface area contributed by atoms with Gasteiger partial charge in [-0.3, -0.25) is 9.59 Å². The van der Waals surface area contributed by atoms with Gasteiger partial charge in [0.1, 0.15) is 18.8 Å². The minimum absolute atomic E-state index is 0.0564. The first-order chi connectivity index (χ1) is 10.9. The minimum Gasteiger partial charge on any atom is -0.463 e. The maximum absolute atomic E-state index is 11.2. The standard InChI is InChI=1S/C17H19IO5/c1-11(19)21-10-17-16(22-12(2)20)8-7-15(23-17)9-13-3-5-14(18)6-4-13/h3-8,15-17H,9-10H2,1-2H3/t15-,16-,17+/m0/s1. The lowest BCUT2D eigenvalue weighted by atomic mass is 10.0. The summed E-state index contributed by atoms with van der Waals surface area (Å²) in [7, 11) is 0. The third-order valence-corrected chi connectivity index (χ3v) is 4.05. The van der Waals surface area contributed by atoms with Crippen LogP contribution in [0.15, 0.2) is 36.4 Å². The largest absolute Gasteiger partial charge is 0.463 e. The molecule has 1 heterocycles. The van der Waals surface area contributed by atoms with Gasteiger partial charge in [0.25, 0.3) is 0 Å². The van der Waals surface area contributed by atoms with E-state index in [0.717, 1.165) is 5.56 Å². The first-order valence-electron chi connectivity index (χ1n) is 7.33. The van der Waals surface area contributed by atoms with Crippen LogP contribution in [0.1, 0.15) is 19.4 Å². The molecule has 3 atom stereocenters. The maximum Gasteiger partial charge on any atom is 0.303 e. The molecular weight excluding hydrogens is 411 g/mol. The Hall–Kier alpha value is -1.41. The summed E-state index contributed by atoms with van der Waals surface area (Å²) in [5.74, 6) is -0.786. The molecule has 0 radical (unpaired) electrons. The van der Waals surface area contributed by atoms with Crippen molar-refractivity contribution in [3.8, 4) is 0 Å². The van der Waals surface area contributed by atoms with Gasteiger partial charge in [0.05, 0.1) is 6.10 Å². The van der Waals surface area contributed by atoms with E-state index < -0.39 is 18.2 Å². The Morgan fingerprint density at radius 1 is 1.13 bits per heavy atom. The summed E-state index contributed by atoms with van der Waals surface area (Å²) in [6.07, 6.45) is 3.20. The number of hydrogen-bond donors (Lipinski definition) is 0. The molecule has 0 aromatic heterocycles. The van der Waals surface area contributed by atoms with Crippen LogP contribution in [0.3, 0.4) is 0 Å². The van der Waals surface area contributed by atoms with E-state index in [2.05, 4.69) is 34.7 Å². The molecule has 0 fully saturated rings. The number of rotatable bonds is 5. The highest BCUT2D eigenvalue weighted by Gasteiger charge is 2.30. The van der Waals surface area contributed by atoms with Gasteiger partial charge in [-0.05, 0) is 46.4 Å². The zero-order chi connectivity index (χ0) is 16.8. The van der Waals surface area contributed by atoms with Crippen LogP contribution in [-0.2, 0) is 30.2 Å². The molecule has 2 rings (SSSR count). The molecule has 0 spiro atoms. The van der Waals surface area contributed by atoms with E-state index in [9.17, 15) is 9.59 Å². The lowest BCUT2D eigenvalue weighted by molar-refractivity contribution is -0.163. The number of carbonyl (C=O) groups is 2. The summed E-state index contributed by atoms with van der Waals surface area (Å²) in [4.78, 5) is 22.2. The number of hydrogen-bond acceptors (Lipinski definition) is 5. The predicted octanol–water partition coefficient (Wildman–Crippen LogP) is 2.65. The van der Waals surface area contributed by atoms with Crippen molar-refractivity contribution in [1.29, 1.82) is 0 Å². The lowest BCUT2D eigenvalue weighted by Gasteiger charge is -2.31. The first kappa shape index (κ1) is 17.9. The topological polar surface area (TPSA) is 61.8 Å². The molecule has 0 saturated carbocycles. The van der Waals surface area contributed by atoms with Gasteiger partial charge >= 0.3 is 11.9 Å². The van der Waals surface area contributed by atoms with Crippen molar-refractivity contribution in [2.45, 2.75) is 38.6 Å². The van der Waals surface area contributed by atoms with Gasteiger partial charge in [-0.25, -0.2) is 0 Å². The molecule has 1 aromatic carbocycles. The molecule has 0 aliphatic carbocycles. The second-order valence-electron chi connectivity index (χ2n) is 5.31. The van der Waals surface area contributed by atoms with E-state index in [1.165, 1.54) is 17.4 Å². The van der Waals surface area contributed by atoms with Gasteiger partial charge in [0.2, 0.25) is 0 Å². The van der Waals surface area contributed by atoms with E-state index in [0.29, 0.717) is 6.42 Å². The van der Waals surface area contributed by atoms with Crippen LogP contribution in [0.2, 0.25) is 0 Å². The molecule has 0 unspecified atom stereocenters. The summed E-state index contributed by atoms with van der Waals surface area (Å²) in [6.45, 7) is 2.73. The quantitative estimate of drug-likeness (QED) is 0.409. The maximum atomic E-state index is 11.2. The van der Waals surface area contributed by atoms with Crippen LogP contribution in [0.5, 0.6) is 0 Å². The molecule has 0 amide bonds. The van der Waals surface area contributed by atoms with E-state index in [-0.39, 0.29) is 18.7 Å². The van der Waals surface area contributed by atoms with Crippen LogP contribution < -0.4 is 0 Å². The molecule has 6 heteroatoms. The highest BCUT2D eigenvalue weighted by atomic mass is 127. The predicted molar refractivity (Wildman–Crippen MR) is 92.9 cm³/mol. The second-order valence-corrected chi connectivity index (χ2v) is 6.55. The number of ether oxygens (including phenoxy) is 3. The zero-order valence-electron chi connectivity index (χ0n) is 13.0. The molecule has 0 N–H and O–H groups in total. The normalized spacial score (nSPS) is 23.3. The molecular formula is C17H19IO5. The monoisotopic (exact) mass is 430 g/mol. The van der Waals surface area contributed by atoms with Crippen LogP contribution in [-0.4, -0.2) is 36.9 Å². The first-order valence-corrected chi connectivity index (χ1v) is 8.40. The number of esters is 2. The molecule has 0 bridgehead atoms. The third-order valence-electron chi connectivity index (χ3n) is 3.33. The lowest BCUT2D eigenvalue weighted by Crippen LogP contribution is -2.41. The van der Waals surface area contributed by atoms with Crippen LogP contribution in [0.25, 0.3) is 0 Å². The van der Waals surface area contributed by atoms with E-state index >= 15 is 0 Å². The summed E-state index contributed by atoms with van der Waals surface area (Å²) >= 11 is 2.26. The Bertz CT molecular complexity index is 581. The number of halogens is 1. The molecule has 1 aliphatic heterocycles. The van der Waals surface area contributed by atoms with Gasteiger partial charge in [-0.2, -0.15) is 0 Å². The molecule has 5 nitrogen and oxygen atoms in total. The third kappa shape index (κ3) is 5.95. The van der Waals surface area contributed by atoms with Crippen molar-refractivity contribution in [1.82, 2.24) is 0 Å². The van der Waals surface area contributed by atoms with Crippen LogP contribution in [0, 0.1) is 3.57 Å². The van der Waals surface area contributed by atoms with Gasteiger partial charge in [0.15, 0.2) is 0 Å². The minimum atomic E-state index is -0.542. The smallest absolute Gasteiger partial charge is 0.303 e. The fraction of sp³-hybridized carbons (Fsp3) is 0.412. The summed E-state index contributed by atoms with van der Waals surface area (Å²) < 4.78 is 17.3. The van der Waals surface area contributed by atoms with Crippen molar-refractivity contribution in [3.05, 3.63) is 45.6 Å². The summed E-state index contributed by atoms with van der Waals surface area (Å²) in [5.41, 5.74) is 1.15. The Morgan fingerprint density at radius 2 is 1.83 bits per heavy atom. The van der Waals surface area contributed by atoms with Crippen LogP contribution >= 0.6 is 22.6 Å². The Kier molecular flexibility index (Phi) is 6.59. The molecule has 23 heavy (non-hydrogen) atoms. The van der Waals surface area contributed by atoms with Crippen LogP contribution in [0.4, 0.5) is 0 Å². The van der Waals surface area contributed by atoms with Crippen molar-refractivity contribution >= 4 is 34.5 Å². The number of carbonyl (C=O) groups excluding carboxylic acids is 2. The van der Waals surface area contributed by atoms with E-state index in [1.54, 1.807) is 6.08 Å². The van der Waals surface area contributed by atoms with Gasteiger partial charge in [0, 0.05) is 23.8 Å². The Balaban J connectivity index is 2.03. The van der Waals surface area contributed by atoms with Gasteiger partial charge < -0.3 is 14.2 Å². The Morgan fingerprint density at radius 3 is 2.43 bits per heavy atom. The molecule has 124 valence electrons. The van der Waals surface area contributed by atoms with Crippen molar-refractivity contribution in [2.75, 3.05) is 6.61 Å². The zero-order valence-corrected chi connectivity index (χ0v) is 15.2. The van der Waals surface area contributed by atoms with Crippen molar-refractivity contribution < 1.29 is 23.8 Å². The van der Waals surface area contributed by atoms with Gasteiger partial charge in [-0.1, -0.05) is 18.2 Å². The van der Waals surface area contributed by atoms with Gasteiger partial charge in [-0.15, -0.1) is 0 Å². The average Bonchev–Trinajstić information content (AvgIpc) is 2.49. The average molecular weight is 430 g/mol. The fourth-order valence-electron chi connectivity index (χ4n) is 2.31. The van der Waals surface area contributed by atoms with Crippen molar-refractivity contribution in [2.24, 2.45) is 0 Å². The molecule has 1 aliphatic rings.